The van der Waals surface area contributed by atoms with E-state index in [1.807, 2.05) is 0 Å². The number of rotatable bonds is 5. The van der Waals surface area contributed by atoms with E-state index in [1.165, 1.54) is 11.3 Å². The van der Waals surface area contributed by atoms with Crippen molar-refractivity contribution < 1.29 is 9.90 Å². The Hall–Kier alpha value is -0.170. The van der Waals surface area contributed by atoms with Crippen LogP contribution in [0.3, 0.4) is 0 Å². The van der Waals surface area contributed by atoms with Crippen molar-refractivity contribution >= 4 is 49.1 Å². The highest BCUT2D eigenvalue weighted by Gasteiger charge is 2.17. The van der Waals surface area contributed by atoms with Gasteiger partial charge in [-0.25, -0.2) is 0 Å². The molecule has 0 saturated carbocycles. The van der Waals surface area contributed by atoms with Gasteiger partial charge in [0.1, 0.15) is 0 Å². The van der Waals surface area contributed by atoms with E-state index < -0.39 is 0 Å². The van der Waals surface area contributed by atoms with Gasteiger partial charge in [0.2, 0.25) is 0 Å². The number of aliphatic hydroxyl groups is 1. The number of halogens is 2. The summed E-state index contributed by atoms with van der Waals surface area (Å²) >= 11 is 8.04. The molecule has 1 rings (SSSR count). The van der Waals surface area contributed by atoms with Crippen LogP contribution in [-0.2, 0) is 0 Å². The maximum Gasteiger partial charge on any atom is 0.264 e. The van der Waals surface area contributed by atoms with Crippen molar-refractivity contribution in [2.75, 3.05) is 19.7 Å². The van der Waals surface area contributed by atoms with Gasteiger partial charge in [-0.15, -0.1) is 17.9 Å². The fourth-order valence-corrected chi connectivity index (χ4v) is 3.16. The van der Waals surface area contributed by atoms with E-state index in [0.717, 1.165) is 8.26 Å². The van der Waals surface area contributed by atoms with Crippen molar-refractivity contribution in [3.05, 3.63) is 31.9 Å². The predicted octanol–water partition coefficient (Wildman–Crippen LogP) is 2.89. The van der Waals surface area contributed by atoms with Crippen molar-refractivity contribution in [1.82, 2.24) is 4.90 Å². The molecule has 0 spiro atoms. The summed E-state index contributed by atoms with van der Waals surface area (Å²) in [5.41, 5.74) is 0. The van der Waals surface area contributed by atoms with E-state index in [-0.39, 0.29) is 12.5 Å². The molecule has 0 fully saturated rings. The summed E-state index contributed by atoms with van der Waals surface area (Å²) in [6.07, 6.45) is 1.64. The smallest absolute Gasteiger partial charge is 0.264 e. The van der Waals surface area contributed by atoms with Gasteiger partial charge in [-0.1, -0.05) is 6.08 Å². The lowest BCUT2D eigenvalue weighted by atomic mass is 10.3. The molecule has 0 atom stereocenters. The normalized spacial score (nSPS) is 10.2. The van der Waals surface area contributed by atoms with Crippen LogP contribution in [0.15, 0.2) is 27.0 Å². The molecule has 1 N–H and O–H groups in total. The molecule has 88 valence electrons. The summed E-state index contributed by atoms with van der Waals surface area (Å²) in [4.78, 5) is 14.2. The summed E-state index contributed by atoms with van der Waals surface area (Å²) in [6.45, 7) is 4.30. The van der Waals surface area contributed by atoms with Crippen LogP contribution < -0.4 is 0 Å². The zero-order valence-electron chi connectivity index (χ0n) is 8.45. The molecule has 0 aliphatic rings. The van der Waals surface area contributed by atoms with E-state index in [0.29, 0.717) is 18.0 Å². The molecule has 3 nitrogen and oxygen atoms in total. The lowest BCUT2D eigenvalue weighted by molar-refractivity contribution is 0.0747. The maximum absolute atomic E-state index is 12.0. The van der Waals surface area contributed by atoms with Crippen LogP contribution in [0.1, 0.15) is 9.67 Å². The number of aliphatic hydroxyl groups excluding tert-OH is 1. The minimum absolute atomic E-state index is 0.0483. The molecule has 0 aliphatic carbocycles. The molecular weight excluding hydrogens is 358 g/mol. The third kappa shape index (κ3) is 3.41. The van der Waals surface area contributed by atoms with Gasteiger partial charge in [-0.05, 0) is 37.9 Å². The first-order valence-electron chi connectivity index (χ1n) is 4.56. The van der Waals surface area contributed by atoms with Gasteiger partial charge >= 0.3 is 0 Å². The van der Waals surface area contributed by atoms with Crippen molar-refractivity contribution in [1.29, 1.82) is 0 Å². The first-order chi connectivity index (χ1) is 7.60. The van der Waals surface area contributed by atoms with Crippen LogP contribution in [0.2, 0.25) is 0 Å². The number of hydrogen-bond donors (Lipinski definition) is 1. The lowest BCUT2D eigenvalue weighted by Gasteiger charge is -2.18. The molecular formula is C10H11Br2NO2S. The third-order valence-electron chi connectivity index (χ3n) is 1.86. The topological polar surface area (TPSA) is 40.5 Å². The molecule has 0 aliphatic heterocycles. The largest absolute Gasteiger partial charge is 0.395 e. The zero-order chi connectivity index (χ0) is 12.1. The Balaban J connectivity index is 2.84. The van der Waals surface area contributed by atoms with E-state index in [4.69, 9.17) is 5.11 Å². The van der Waals surface area contributed by atoms with Crippen LogP contribution in [0, 0.1) is 0 Å². The Bertz CT molecular complexity index is 373. The van der Waals surface area contributed by atoms with Crippen molar-refractivity contribution in [2.45, 2.75) is 0 Å². The quantitative estimate of drug-likeness (QED) is 0.812. The fourth-order valence-electron chi connectivity index (χ4n) is 1.16. The number of hydrogen-bond acceptors (Lipinski definition) is 3. The molecule has 1 heterocycles. The summed E-state index contributed by atoms with van der Waals surface area (Å²) in [5, 5.41) is 8.88. The van der Waals surface area contributed by atoms with Crippen LogP contribution in [0.4, 0.5) is 0 Å². The van der Waals surface area contributed by atoms with Gasteiger partial charge in [-0.2, -0.15) is 0 Å². The molecule has 0 bridgehead atoms. The molecule has 16 heavy (non-hydrogen) atoms. The molecule has 0 aromatic carbocycles. The Kier molecular flexibility index (Phi) is 5.68. The maximum atomic E-state index is 12.0. The standard InChI is InChI=1S/C10H11Br2NO2S/c1-2-3-13(4-5-14)10(15)8-6-7(11)9(12)16-8/h2,6,14H,1,3-5H2. The third-order valence-corrected chi connectivity index (χ3v) is 5.11. The lowest BCUT2D eigenvalue weighted by Crippen LogP contribution is -2.33. The van der Waals surface area contributed by atoms with Gasteiger partial charge < -0.3 is 10.0 Å². The van der Waals surface area contributed by atoms with Crippen LogP contribution in [0.25, 0.3) is 0 Å². The Labute approximate surface area is 115 Å². The Morgan fingerprint density at radius 1 is 1.62 bits per heavy atom. The second-order valence-electron chi connectivity index (χ2n) is 3.00. The minimum atomic E-state index is -0.0923. The molecule has 6 heteroatoms. The van der Waals surface area contributed by atoms with Crippen LogP contribution >= 0.6 is 43.2 Å². The second-order valence-corrected chi connectivity index (χ2v) is 6.22. The van der Waals surface area contributed by atoms with E-state index >= 15 is 0 Å². The monoisotopic (exact) mass is 367 g/mol. The molecule has 1 aromatic rings. The number of carbonyl (C=O) groups excluding carboxylic acids is 1. The van der Waals surface area contributed by atoms with Crippen molar-refractivity contribution in [2.24, 2.45) is 0 Å². The number of thiophene rings is 1. The number of carbonyl (C=O) groups is 1. The number of amides is 1. The highest BCUT2D eigenvalue weighted by molar-refractivity contribution is 9.13. The highest BCUT2D eigenvalue weighted by Crippen LogP contribution is 2.32. The molecule has 0 unspecified atom stereocenters. The SMILES string of the molecule is C=CCN(CCO)C(=O)c1cc(Br)c(Br)s1. The van der Waals surface area contributed by atoms with Crippen LogP contribution in [0.5, 0.6) is 0 Å². The summed E-state index contributed by atoms with van der Waals surface area (Å²) in [6, 6.07) is 1.77. The molecule has 1 amide bonds. The first kappa shape index (κ1) is 13.9. The van der Waals surface area contributed by atoms with Gasteiger partial charge in [-0.3, -0.25) is 4.79 Å². The first-order valence-corrected chi connectivity index (χ1v) is 6.96. The highest BCUT2D eigenvalue weighted by atomic mass is 79.9. The van der Waals surface area contributed by atoms with Crippen molar-refractivity contribution in [3.63, 3.8) is 0 Å². The molecule has 1 aromatic heterocycles. The predicted molar refractivity (Wildman–Crippen MR) is 72.9 cm³/mol. The van der Waals surface area contributed by atoms with Gasteiger partial charge in [0.25, 0.3) is 5.91 Å². The number of nitrogens with zero attached hydrogens (tertiary/aromatic N) is 1. The van der Waals surface area contributed by atoms with Gasteiger partial charge in [0.15, 0.2) is 0 Å². The Morgan fingerprint density at radius 3 is 2.75 bits per heavy atom. The summed E-state index contributed by atoms with van der Waals surface area (Å²) in [5.74, 6) is -0.0923. The Morgan fingerprint density at radius 2 is 2.31 bits per heavy atom. The second kappa shape index (κ2) is 6.54. The van der Waals surface area contributed by atoms with E-state index in [1.54, 1.807) is 17.0 Å². The average molecular weight is 369 g/mol. The van der Waals surface area contributed by atoms with Crippen LogP contribution in [-0.4, -0.2) is 35.6 Å². The summed E-state index contributed by atoms with van der Waals surface area (Å²) < 4.78 is 1.75. The fraction of sp³-hybridized carbons (Fsp3) is 0.300. The van der Waals surface area contributed by atoms with Gasteiger partial charge in [0.05, 0.1) is 15.3 Å². The zero-order valence-corrected chi connectivity index (χ0v) is 12.4. The average Bonchev–Trinajstić information content (AvgIpc) is 2.58. The summed E-state index contributed by atoms with van der Waals surface area (Å²) in [7, 11) is 0. The van der Waals surface area contributed by atoms with E-state index in [2.05, 4.69) is 38.4 Å². The minimum Gasteiger partial charge on any atom is -0.395 e. The van der Waals surface area contributed by atoms with Gasteiger partial charge in [0, 0.05) is 17.6 Å². The van der Waals surface area contributed by atoms with Crippen molar-refractivity contribution in [3.8, 4) is 0 Å². The van der Waals surface area contributed by atoms with E-state index in [9.17, 15) is 4.79 Å². The molecule has 0 saturated heterocycles. The molecule has 0 radical (unpaired) electrons.